The smallest absolute Gasteiger partial charge is 0.279 e. The van der Waals surface area contributed by atoms with Crippen LogP contribution >= 0.6 is 15.9 Å². The highest BCUT2D eigenvalue weighted by Crippen LogP contribution is 2.32. The van der Waals surface area contributed by atoms with Crippen molar-refractivity contribution in [3.05, 3.63) is 32.3 Å². The van der Waals surface area contributed by atoms with Crippen LogP contribution in [0.1, 0.15) is 5.56 Å². The molecule has 0 radical (unpaired) electrons. The topological polar surface area (TPSA) is 72.6 Å². The Morgan fingerprint density at radius 1 is 1.64 bits per heavy atom. The van der Waals surface area contributed by atoms with Gasteiger partial charge in [-0.2, -0.15) is 0 Å². The summed E-state index contributed by atoms with van der Waals surface area (Å²) in [5, 5.41) is 19.6. The van der Waals surface area contributed by atoms with Crippen molar-refractivity contribution < 1.29 is 14.8 Å². The number of hydrogen-bond acceptors (Lipinski definition) is 4. The number of nitrogens with zero attached hydrogens (tertiary/aromatic N) is 1. The first-order chi connectivity index (χ1) is 6.60. The molecule has 0 amide bonds. The Bertz CT molecular complexity index is 367. The first-order valence-corrected chi connectivity index (χ1v) is 4.51. The Morgan fingerprint density at radius 3 is 2.71 bits per heavy atom. The zero-order valence-electron chi connectivity index (χ0n) is 7.36. The van der Waals surface area contributed by atoms with Crippen molar-refractivity contribution in [2.24, 2.45) is 0 Å². The van der Waals surface area contributed by atoms with Crippen LogP contribution in [0.3, 0.4) is 0 Å². The molecule has 6 heteroatoms. The Balaban J connectivity index is 3.39. The molecule has 1 rings (SSSR count). The van der Waals surface area contributed by atoms with Crippen molar-refractivity contribution in [1.82, 2.24) is 0 Å². The molecule has 1 aromatic rings. The summed E-state index contributed by atoms with van der Waals surface area (Å²) < 4.78 is 5.45. The summed E-state index contributed by atoms with van der Waals surface area (Å²) in [6.45, 7) is -0.424. The van der Waals surface area contributed by atoms with Crippen molar-refractivity contribution in [1.29, 1.82) is 0 Å². The van der Waals surface area contributed by atoms with Crippen molar-refractivity contribution in [3.8, 4) is 5.75 Å². The number of nitro benzene ring substituents is 1. The number of ether oxygens (including phenoxy) is 1. The Labute approximate surface area is 88.6 Å². The van der Waals surface area contributed by atoms with Gasteiger partial charge in [0, 0.05) is 10.5 Å². The average molecular weight is 262 g/mol. The summed E-state index contributed by atoms with van der Waals surface area (Å²) in [6.07, 6.45) is 0. The number of halogens is 1. The van der Waals surface area contributed by atoms with Crippen LogP contribution in [-0.4, -0.2) is 17.1 Å². The standard InChI is InChI=1S/C8H8BrNO4/c1-14-8-3-5(9)2-7(10(12)13)6(8)4-11/h2-3,11H,4H2,1H3. The summed E-state index contributed by atoms with van der Waals surface area (Å²) in [5.74, 6) is 0.300. The highest BCUT2D eigenvalue weighted by Gasteiger charge is 2.18. The van der Waals surface area contributed by atoms with Gasteiger partial charge in [-0.05, 0) is 6.07 Å². The fourth-order valence-corrected chi connectivity index (χ4v) is 1.53. The van der Waals surface area contributed by atoms with E-state index in [2.05, 4.69) is 15.9 Å². The summed E-state index contributed by atoms with van der Waals surface area (Å²) in [7, 11) is 1.39. The summed E-state index contributed by atoms with van der Waals surface area (Å²) in [4.78, 5) is 10.1. The van der Waals surface area contributed by atoms with E-state index in [4.69, 9.17) is 9.84 Å². The van der Waals surface area contributed by atoms with Gasteiger partial charge in [0.05, 0.1) is 24.2 Å². The zero-order chi connectivity index (χ0) is 10.7. The van der Waals surface area contributed by atoms with Gasteiger partial charge >= 0.3 is 0 Å². The van der Waals surface area contributed by atoms with Gasteiger partial charge in [0.25, 0.3) is 5.69 Å². The van der Waals surface area contributed by atoms with Gasteiger partial charge in [0.1, 0.15) is 5.75 Å². The third kappa shape index (κ3) is 2.02. The van der Waals surface area contributed by atoms with Crippen LogP contribution in [0.15, 0.2) is 16.6 Å². The van der Waals surface area contributed by atoms with E-state index in [1.807, 2.05) is 0 Å². The Kier molecular flexibility index (Phi) is 3.43. The number of methoxy groups -OCH3 is 1. The molecular formula is C8H8BrNO4. The molecule has 1 N–H and O–H groups in total. The molecule has 0 fully saturated rings. The molecule has 0 saturated heterocycles. The summed E-state index contributed by atoms with van der Waals surface area (Å²) in [5.41, 5.74) is 0.0272. The molecule has 0 spiro atoms. The van der Waals surface area contributed by atoms with Gasteiger partial charge in [-0.25, -0.2) is 0 Å². The molecule has 5 nitrogen and oxygen atoms in total. The second kappa shape index (κ2) is 4.39. The van der Waals surface area contributed by atoms with Crippen LogP contribution in [0.2, 0.25) is 0 Å². The van der Waals surface area contributed by atoms with Crippen molar-refractivity contribution in [3.63, 3.8) is 0 Å². The first-order valence-electron chi connectivity index (χ1n) is 3.71. The van der Waals surface area contributed by atoms with E-state index in [0.717, 1.165) is 0 Å². The third-order valence-electron chi connectivity index (χ3n) is 1.72. The minimum absolute atomic E-state index is 0.154. The molecule has 0 saturated carbocycles. The largest absolute Gasteiger partial charge is 0.496 e. The predicted molar refractivity (Wildman–Crippen MR) is 53.3 cm³/mol. The Hall–Kier alpha value is -1.14. The van der Waals surface area contributed by atoms with Gasteiger partial charge in [0.2, 0.25) is 0 Å². The molecule has 0 unspecified atom stereocenters. The molecule has 0 bridgehead atoms. The van der Waals surface area contributed by atoms with Crippen LogP contribution in [-0.2, 0) is 6.61 Å². The molecule has 0 atom stereocenters. The van der Waals surface area contributed by atoms with Crippen molar-refractivity contribution in [2.75, 3.05) is 7.11 Å². The van der Waals surface area contributed by atoms with E-state index < -0.39 is 11.5 Å². The quantitative estimate of drug-likeness (QED) is 0.666. The maximum atomic E-state index is 10.6. The maximum absolute atomic E-state index is 10.6. The summed E-state index contributed by atoms with van der Waals surface area (Å²) in [6, 6.07) is 2.90. The van der Waals surface area contributed by atoms with E-state index in [9.17, 15) is 10.1 Å². The Morgan fingerprint density at radius 2 is 2.29 bits per heavy atom. The van der Waals surface area contributed by atoms with Crippen LogP contribution in [0, 0.1) is 10.1 Å². The van der Waals surface area contributed by atoms with Crippen molar-refractivity contribution >= 4 is 21.6 Å². The molecule has 1 aromatic carbocycles. The lowest BCUT2D eigenvalue weighted by molar-refractivity contribution is -0.386. The maximum Gasteiger partial charge on any atom is 0.279 e. The molecule has 76 valence electrons. The number of benzene rings is 1. The summed E-state index contributed by atoms with van der Waals surface area (Å²) >= 11 is 3.12. The van der Waals surface area contributed by atoms with Crippen LogP contribution in [0.25, 0.3) is 0 Å². The lowest BCUT2D eigenvalue weighted by Crippen LogP contribution is -1.99. The van der Waals surface area contributed by atoms with Gasteiger partial charge in [-0.15, -0.1) is 0 Å². The van der Waals surface area contributed by atoms with Gasteiger partial charge in [-0.1, -0.05) is 15.9 Å². The zero-order valence-corrected chi connectivity index (χ0v) is 8.94. The fraction of sp³-hybridized carbons (Fsp3) is 0.250. The van der Waals surface area contributed by atoms with Crippen molar-refractivity contribution in [2.45, 2.75) is 6.61 Å². The minimum Gasteiger partial charge on any atom is -0.496 e. The van der Waals surface area contributed by atoms with E-state index in [0.29, 0.717) is 10.2 Å². The number of aliphatic hydroxyl groups is 1. The molecular weight excluding hydrogens is 254 g/mol. The monoisotopic (exact) mass is 261 g/mol. The second-order valence-corrected chi connectivity index (χ2v) is 3.44. The SMILES string of the molecule is COc1cc(Br)cc([N+](=O)[O-])c1CO. The highest BCUT2D eigenvalue weighted by atomic mass is 79.9. The lowest BCUT2D eigenvalue weighted by atomic mass is 10.1. The third-order valence-corrected chi connectivity index (χ3v) is 2.18. The lowest BCUT2D eigenvalue weighted by Gasteiger charge is -2.06. The van der Waals surface area contributed by atoms with E-state index in [-0.39, 0.29) is 11.3 Å². The van der Waals surface area contributed by atoms with Gasteiger partial charge in [0.15, 0.2) is 0 Å². The highest BCUT2D eigenvalue weighted by molar-refractivity contribution is 9.10. The molecule has 0 aliphatic carbocycles. The average Bonchev–Trinajstić information content (AvgIpc) is 2.16. The predicted octanol–water partition coefficient (Wildman–Crippen LogP) is 1.86. The molecule has 14 heavy (non-hydrogen) atoms. The molecule has 0 aliphatic heterocycles. The number of rotatable bonds is 3. The van der Waals surface area contributed by atoms with Gasteiger partial charge in [-0.3, -0.25) is 10.1 Å². The number of hydrogen-bond donors (Lipinski definition) is 1. The van der Waals surface area contributed by atoms with E-state index in [1.165, 1.54) is 13.2 Å². The van der Waals surface area contributed by atoms with E-state index >= 15 is 0 Å². The van der Waals surface area contributed by atoms with Crippen LogP contribution in [0.4, 0.5) is 5.69 Å². The molecule has 0 aromatic heterocycles. The molecule has 0 heterocycles. The number of nitro groups is 1. The van der Waals surface area contributed by atoms with Crippen LogP contribution in [0.5, 0.6) is 5.75 Å². The normalized spacial score (nSPS) is 9.93. The van der Waals surface area contributed by atoms with E-state index in [1.54, 1.807) is 6.07 Å². The van der Waals surface area contributed by atoms with Gasteiger partial charge < -0.3 is 9.84 Å². The number of aliphatic hydroxyl groups excluding tert-OH is 1. The first kappa shape index (κ1) is 10.9. The fourth-order valence-electron chi connectivity index (χ4n) is 1.10. The second-order valence-electron chi connectivity index (χ2n) is 2.52. The molecule has 0 aliphatic rings. The minimum atomic E-state index is -0.557. The van der Waals surface area contributed by atoms with Crippen LogP contribution < -0.4 is 4.74 Å².